The van der Waals surface area contributed by atoms with Gasteiger partial charge < -0.3 is 10.5 Å². The second kappa shape index (κ2) is 5.71. The van der Waals surface area contributed by atoms with E-state index >= 15 is 0 Å². The first kappa shape index (κ1) is 16.5. The fourth-order valence-corrected chi connectivity index (χ4v) is 1.99. The van der Waals surface area contributed by atoms with E-state index in [9.17, 15) is 26.3 Å². The molecule has 0 atom stereocenters. The van der Waals surface area contributed by atoms with Crippen molar-refractivity contribution in [2.75, 3.05) is 5.73 Å². The predicted molar refractivity (Wildman–Crippen MR) is 69.9 cm³/mol. The van der Waals surface area contributed by atoms with E-state index in [4.69, 9.17) is 10.5 Å². The Morgan fingerprint density at radius 3 is 1.95 bits per heavy atom. The van der Waals surface area contributed by atoms with E-state index < -0.39 is 46.4 Å². The van der Waals surface area contributed by atoms with Crippen LogP contribution in [0.25, 0.3) is 0 Å². The van der Waals surface area contributed by atoms with E-state index in [-0.39, 0.29) is 16.6 Å². The second-order valence-electron chi connectivity index (χ2n) is 4.17. The summed E-state index contributed by atoms with van der Waals surface area (Å²) >= 11 is 2.92. The topological polar surface area (TPSA) is 35.2 Å². The Bertz CT molecular complexity index is 708. The number of nitrogens with two attached hydrogens (primary N) is 1. The van der Waals surface area contributed by atoms with E-state index in [0.717, 1.165) is 12.1 Å². The number of hydrogen-bond donors (Lipinski definition) is 1. The van der Waals surface area contributed by atoms with Crippen molar-refractivity contribution in [2.24, 2.45) is 0 Å². The minimum atomic E-state index is -4.92. The standard InChI is InChI=1S/C13H6BrF6NO/c14-6-3-7(15)11(21)10(4-6)22-12-8(16)1-5(2-9(12)17)13(18,19)20/h1-4H,21H2. The summed E-state index contributed by atoms with van der Waals surface area (Å²) < 4.78 is 82.9. The highest BCUT2D eigenvalue weighted by molar-refractivity contribution is 9.10. The van der Waals surface area contributed by atoms with Gasteiger partial charge in [-0.3, -0.25) is 0 Å². The van der Waals surface area contributed by atoms with Gasteiger partial charge in [-0.1, -0.05) is 15.9 Å². The monoisotopic (exact) mass is 385 g/mol. The van der Waals surface area contributed by atoms with Crippen LogP contribution in [-0.2, 0) is 6.18 Å². The highest BCUT2D eigenvalue weighted by atomic mass is 79.9. The van der Waals surface area contributed by atoms with E-state index in [1.54, 1.807) is 0 Å². The molecule has 0 saturated carbocycles. The summed E-state index contributed by atoms with van der Waals surface area (Å²) in [5, 5.41) is 0. The average molecular weight is 386 g/mol. The van der Waals surface area contributed by atoms with E-state index in [2.05, 4.69) is 15.9 Å². The van der Waals surface area contributed by atoms with Gasteiger partial charge in [-0.25, -0.2) is 13.2 Å². The summed E-state index contributed by atoms with van der Waals surface area (Å²) in [4.78, 5) is 0. The molecule has 0 radical (unpaired) electrons. The number of hydrogen-bond acceptors (Lipinski definition) is 2. The molecule has 0 aromatic heterocycles. The zero-order valence-electron chi connectivity index (χ0n) is 10.4. The first-order valence-corrected chi connectivity index (χ1v) is 6.37. The quantitative estimate of drug-likeness (QED) is 0.565. The van der Waals surface area contributed by atoms with Gasteiger partial charge >= 0.3 is 6.18 Å². The summed E-state index contributed by atoms with van der Waals surface area (Å²) in [6, 6.07) is 2.25. The van der Waals surface area contributed by atoms with Gasteiger partial charge in [0.15, 0.2) is 29.0 Å². The third-order valence-corrected chi connectivity index (χ3v) is 3.05. The molecule has 0 heterocycles. The largest absolute Gasteiger partial charge is 0.449 e. The zero-order valence-corrected chi connectivity index (χ0v) is 12.0. The first-order chi connectivity index (χ1) is 10.1. The summed E-state index contributed by atoms with van der Waals surface area (Å²) in [5.74, 6) is -5.65. The molecule has 0 unspecified atom stereocenters. The number of alkyl halides is 3. The first-order valence-electron chi connectivity index (χ1n) is 5.58. The van der Waals surface area contributed by atoms with Gasteiger partial charge in [0.2, 0.25) is 0 Å². The molecule has 0 fully saturated rings. The van der Waals surface area contributed by atoms with Gasteiger partial charge in [-0.05, 0) is 24.3 Å². The molecular weight excluding hydrogens is 380 g/mol. The van der Waals surface area contributed by atoms with Crippen LogP contribution in [0, 0.1) is 17.5 Å². The molecule has 22 heavy (non-hydrogen) atoms. The molecule has 2 aromatic carbocycles. The lowest BCUT2D eigenvalue weighted by molar-refractivity contribution is -0.138. The minimum absolute atomic E-state index is 0.0724. The van der Waals surface area contributed by atoms with Crippen LogP contribution in [0.4, 0.5) is 32.0 Å². The van der Waals surface area contributed by atoms with Crippen LogP contribution in [0.1, 0.15) is 5.56 Å². The molecule has 0 aliphatic rings. The number of benzene rings is 2. The number of nitrogen functional groups attached to an aromatic ring is 1. The maximum atomic E-state index is 13.6. The molecule has 0 aliphatic carbocycles. The normalized spacial score (nSPS) is 11.6. The Morgan fingerprint density at radius 1 is 0.909 bits per heavy atom. The highest BCUT2D eigenvalue weighted by Crippen LogP contribution is 2.38. The molecule has 0 saturated heterocycles. The number of rotatable bonds is 2. The SMILES string of the molecule is Nc1c(F)cc(Br)cc1Oc1c(F)cc(C(F)(F)F)cc1F. The van der Waals surface area contributed by atoms with Crippen LogP contribution in [0.3, 0.4) is 0 Å². The smallest absolute Gasteiger partial charge is 0.416 e. The molecule has 0 amide bonds. The van der Waals surface area contributed by atoms with Crippen molar-refractivity contribution in [1.29, 1.82) is 0 Å². The fourth-order valence-electron chi connectivity index (χ4n) is 1.58. The second-order valence-corrected chi connectivity index (χ2v) is 5.08. The maximum absolute atomic E-state index is 13.6. The van der Waals surface area contributed by atoms with Crippen LogP contribution >= 0.6 is 15.9 Å². The van der Waals surface area contributed by atoms with Crippen molar-refractivity contribution in [3.63, 3.8) is 0 Å². The van der Waals surface area contributed by atoms with Gasteiger partial charge in [0, 0.05) is 4.47 Å². The minimum Gasteiger partial charge on any atom is -0.449 e. The molecular formula is C13H6BrF6NO. The zero-order chi connectivity index (χ0) is 16.7. The van der Waals surface area contributed by atoms with Crippen molar-refractivity contribution in [3.8, 4) is 11.5 Å². The molecule has 118 valence electrons. The lowest BCUT2D eigenvalue weighted by atomic mass is 10.2. The van der Waals surface area contributed by atoms with Crippen molar-refractivity contribution in [3.05, 3.63) is 51.8 Å². The Kier molecular flexibility index (Phi) is 4.28. The highest BCUT2D eigenvalue weighted by Gasteiger charge is 2.33. The lowest BCUT2D eigenvalue weighted by Gasteiger charge is -2.13. The Hall–Kier alpha value is -1.90. The summed E-state index contributed by atoms with van der Waals surface area (Å²) in [7, 11) is 0. The van der Waals surface area contributed by atoms with Gasteiger partial charge in [0.25, 0.3) is 0 Å². The number of halogens is 7. The van der Waals surface area contributed by atoms with Crippen LogP contribution in [0.5, 0.6) is 11.5 Å². The van der Waals surface area contributed by atoms with Crippen molar-refractivity contribution < 1.29 is 31.1 Å². The summed E-state index contributed by atoms with van der Waals surface area (Å²) in [6.07, 6.45) is -4.92. The van der Waals surface area contributed by atoms with Crippen LogP contribution in [-0.4, -0.2) is 0 Å². The van der Waals surface area contributed by atoms with Crippen LogP contribution < -0.4 is 10.5 Å². The van der Waals surface area contributed by atoms with Crippen molar-refractivity contribution in [1.82, 2.24) is 0 Å². The Labute approximate surface area is 128 Å². The van der Waals surface area contributed by atoms with Crippen LogP contribution in [0.15, 0.2) is 28.7 Å². The Morgan fingerprint density at radius 2 is 1.45 bits per heavy atom. The average Bonchev–Trinajstić information content (AvgIpc) is 2.37. The number of ether oxygens (including phenoxy) is 1. The third kappa shape index (κ3) is 3.29. The van der Waals surface area contributed by atoms with Gasteiger partial charge in [-0.15, -0.1) is 0 Å². The molecule has 2 aromatic rings. The molecule has 0 aliphatic heterocycles. The van der Waals surface area contributed by atoms with E-state index in [1.165, 1.54) is 0 Å². The van der Waals surface area contributed by atoms with Gasteiger partial charge in [0.05, 0.1) is 5.56 Å². The molecule has 2 nitrogen and oxygen atoms in total. The van der Waals surface area contributed by atoms with Crippen molar-refractivity contribution in [2.45, 2.75) is 6.18 Å². The number of anilines is 1. The maximum Gasteiger partial charge on any atom is 0.416 e. The molecule has 0 bridgehead atoms. The Balaban J connectivity index is 2.47. The molecule has 2 rings (SSSR count). The van der Waals surface area contributed by atoms with Gasteiger partial charge in [-0.2, -0.15) is 13.2 Å². The molecule has 2 N–H and O–H groups in total. The predicted octanol–water partition coefficient (Wildman–Crippen LogP) is 5.26. The van der Waals surface area contributed by atoms with Gasteiger partial charge in [0.1, 0.15) is 5.69 Å². The van der Waals surface area contributed by atoms with Crippen LogP contribution in [0.2, 0.25) is 0 Å². The summed E-state index contributed by atoms with van der Waals surface area (Å²) in [5.41, 5.74) is 3.30. The molecule has 0 spiro atoms. The van der Waals surface area contributed by atoms with E-state index in [0.29, 0.717) is 0 Å². The lowest BCUT2D eigenvalue weighted by Crippen LogP contribution is -2.07. The molecule has 9 heteroatoms. The summed E-state index contributed by atoms with van der Waals surface area (Å²) in [6.45, 7) is 0. The van der Waals surface area contributed by atoms with E-state index in [1.807, 2.05) is 0 Å². The van der Waals surface area contributed by atoms with Crippen molar-refractivity contribution >= 4 is 21.6 Å². The third-order valence-electron chi connectivity index (χ3n) is 2.59. The fraction of sp³-hybridized carbons (Fsp3) is 0.0769.